The van der Waals surface area contributed by atoms with Crippen LogP contribution in [-0.2, 0) is 9.59 Å². The Morgan fingerprint density at radius 3 is 2.44 bits per heavy atom. The summed E-state index contributed by atoms with van der Waals surface area (Å²) in [4.78, 5) is 23.5. The summed E-state index contributed by atoms with van der Waals surface area (Å²) < 4.78 is 0. The lowest BCUT2D eigenvalue weighted by Gasteiger charge is -2.29. The zero-order valence-corrected chi connectivity index (χ0v) is 10.8. The minimum absolute atomic E-state index is 0.0494. The van der Waals surface area contributed by atoms with E-state index in [-0.39, 0.29) is 16.8 Å². The van der Waals surface area contributed by atoms with Crippen molar-refractivity contribution >= 4 is 24.0 Å². The van der Waals surface area contributed by atoms with Gasteiger partial charge in [0.1, 0.15) is 5.75 Å². The predicted molar refractivity (Wildman–Crippen MR) is 66.5 cm³/mol. The SMILES string of the molecule is CC(C)N(C=O)C(C(=O)O)c1ccc(O)c(Cl)c1. The smallest absolute Gasteiger partial charge is 0.331 e. The van der Waals surface area contributed by atoms with Crippen molar-refractivity contribution < 1.29 is 19.8 Å². The van der Waals surface area contributed by atoms with Crippen LogP contribution in [0.4, 0.5) is 0 Å². The molecule has 0 aliphatic carbocycles. The first kappa shape index (κ1) is 14.3. The molecule has 1 rings (SSSR count). The summed E-state index contributed by atoms with van der Waals surface area (Å²) in [5, 5.41) is 18.6. The highest BCUT2D eigenvalue weighted by molar-refractivity contribution is 6.32. The monoisotopic (exact) mass is 271 g/mol. The summed E-state index contributed by atoms with van der Waals surface area (Å²) in [7, 11) is 0. The molecule has 0 aliphatic heterocycles. The van der Waals surface area contributed by atoms with Crippen molar-refractivity contribution in [2.45, 2.75) is 25.9 Å². The number of halogens is 1. The maximum absolute atomic E-state index is 11.3. The van der Waals surface area contributed by atoms with Gasteiger partial charge in [-0.05, 0) is 31.5 Å². The van der Waals surface area contributed by atoms with Crippen LogP contribution in [0, 0.1) is 0 Å². The van der Waals surface area contributed by atoms with Crippen molar-refractivity contribution in [3.8, 4) is 5.75 Å². The molecule has 18 heavy (non-hydrogen) atoms. The van der Waals surface area contributed by atoms with Gasteiger partial charge in [0, 0.05) is 6.04 Å². The topological polar surface area (TPSA) is 77.8 Å². The first-order valence-electron chi connectivity index (χ1n) is 5.32. The average Bonchev–Trinajstić information content (AvgIpc) is 2.28. The summed E-state index contributed by atoms with van der Waals surface area (Å²) >= 11 is 5.74. The third-order valence-corrected chi connectivity index (χ3v) is 2.84. The van der Waals surface area contributed by atoms with Crippen LogP contribution in [0.25, 0.3) is 0 Å². The molecule has 0 spiro atoms. The van der Waals surface area contributed by atoms with E-state index in [2.05, 4.69) is 0 Å². The molecule has 6 heteroatoms. The molecule has 2 N–H and O–H groups in total. The highest BCUT2D eigenvalue weighted by Crippen LogP contribution is 2.29. The van der Waals surface area contributed by atoms with Gasteiger partial charge >= 0.3 is 5.97 Å². The molecule has 0 heterocycles. The molecule has 1 aromatic carbocycles. The van der Waals surface area contributed by atoms with Crippen LogP contribution in [-0.4, -0.2) is 33.5 Å². The number of carboxylic acid groups (broad SMARTS) is 1. The second kappa shape index (κ2) is 5.73. The maximum Gasteiger partial charge on any atom is 0.331 e. The molecule has 1 unspecified atom stereocenters. The van der Waals surface area contributed by atoms with Crippen LogP contribution in [0.3, 0.4) is 0 Å². The highest BCUT2D eigenvalue weighted by atomic mass is 35.5. The summed E-state index contributed by atoms with van der Waals surface area (Å²) in [5.74, 6) is -1.29. The molecule has 0 saturated heterocycles. The first-order chi connectivity index (χ1) is 8.38. The summed E-state index contributed by atoms with van der Waals surface area (Å²) in [6.07, 6.45) is 0.490. The van der Waals surface area contributed by atoms with Crippen molar-refractivity contribution in [1.29, 1.82) is 0 Å². The van der Waals surface area contributed by atoms with Gasteiger partial charge in [0.15, 0.2) is 6.04 Å². The van der Waals surface area contributed by atoms with E-state index in [1.807, 2.05) is 0 Å². The minimum atomic E-state index is -1.16. The number of carbonyl (C=O) groups is 2. The van der Waals surface area contributed by atoms with Crippen molar-refractivity contribution in [2.75, 3.05) is 0 Å². The van der Waals surface area contributed by atoms with E-state index in [1.54, 1.807) is 13.8 Å². The minimum Gasteiger partial charge on any atom is -0.506 e. The van der Waals surface area contributed by atoms with Gasteiger partial charge in [-0.15, -0.1) is 0 Å². The summed E-state index contributed by atoms with van der Waals surface area (Å²) in [6, 6.07) is 2.68. The van der Waals surface area contributed by atoms with Crippen LogP contribution in [0.5, 0.6) is 5.75 Å². The fourth-order valence-electron chi connectivity index (χ4n) is 1.62. The van der Waals surface area contributed by atoms with E-state index in [1.165, 1.54) is 23.1 Å². The van der Waals surface area contributed by atoms with E-state index in [4.69, 9.17) is 11.6 Å². The van der Waals surface area contributed by atoms with Gasteiger partial charge in [0.05, 0.1) is 5.02 Å². The lowest BCUT2D eigenvalue weighted by Crippen LogP contribution is -2.38. The quantitative estimate of drug-likeness (QED) is 0.804. The molecule has 0 aliphatic rings. The number of hydrogen-bond acceptors (Lipinski definition) is 3. The zero-order chi connectivity index (χ0) is 13.9. The number of hydrogen-bond donors (Lipinski definition) is 2. The largest absolute Gasteiger partial charge is 0.506 e. The number of benzene rings is 1. The second-order valence-electron chi connectivity index (χ2n) is 4.10. The number of phenolic OH excluding ortho intramolecular Hbond substituents is 1. The van der Waals surface area contributed by atoms with Gasteiger partial charge in [0.25, 0.3) is 0 Å². The Morgan fingerprint density at radius 1 is 1.44 bits per heavy atom. The number of carbonyl (C=O) groups excluding carboxylic acids is 1. The van der Waals surface area contributed by atoms with Crippen molar-refractivity contribution in [3.05, 3.63) is 28.8 Å². The fourth-order valence-corrected chi connectivity index (χ4v) is 1.81. The number of nitrogens with zero attached hydrogens (tertiary/aromatic N) is 1. The first-order valence-corrected chi connectivity index (χ1v) is 5.70. The van der Waals surface area contributed by atoms with Crippen LogP contribution in [0.2, 0.25) is 5.02 Å². The van der Waals surface area contributed by atoms with Crippen LogP contribution >= 0.6 is 11.6 Å². The molecule has 5 nitrogen and oxygen atoms in total. The molecule has 1 amide bonds. The Balaban J connectivity index is 3.23. The number of rotatable bonds is 5. The molecule has 0 radical (unpaired) electrons. The molecule has 1 atom stereocenters. The molecular weight excluding hydrogens is 258 g/mol. The van der Waals surface area contributed by atoms with Crippen LogP contribution < -0.4 is 0 Å². The molecular formula is C12H14ClNO4. The average molecular weight is 272 g/mol. The van der Waals surface area contributed by atoms with Gasteiger partial charge in [0.2, 0.25) is 6.41 Å². The lowest BCUT2D eigenvalue weighted by molar-refractivity contribution is -0.147. The molecule has 1 aromatic rings. The van der Waals surface area contributed by atoms with Crippen LogP contribution in [0.15, 0.2) is 18.2 Å². The molecule has 0 aromatic heterocycles. The van der Waals surface area contributed by atoms with Gasteiger partial charge in [-0.2, -0.15) is 0 Å². The van der Waals surface area contributed by atoms with Crippen molar-refractivity contribution in [3.63, 3.8) is 0 Å². The summed E-state index contributed by atoms with van der Waals surface area (Å²) in [6.45, 7) is 3.43. The number of carboxylic acids is 1. The third kappa shape index (κ3) is 2.92. The second-order valence-corrected chi connectivity index (χ2v) is 4.51. The molecule has 0 fully saturated rings. The lowest BCUT2D eigenvalue weighted by atomic mass is 10.0. The Morgan fingerprint density at radius 2 is 2.06 bits per heavy atom. The number of amides is 1. The van der Waals surface area contributed by atoms with E-state index >= 15 is 0 Å². The highest BCUT2D eigenvalue weighted by Gasteiger charge is 2.28. The fraction of sp³-hybridized carbons (Fsp3) is 0.333. The standard InChI is InChI=1S/C12H14ClNO4/c1-7(2)14(6-15)11(12(17)18)8-3-4-10(16)9(13)5-8/h3-7,11,16H,1-2H3,(H,17,18). The Hall–Kier alpha value is -1.75. The molecule has 0 saturated carbocycles. The van der Waals surface area contributed by atoms with E-state index in [0.29, 0.717) is 12.0 Å². The van der Waals surface area contributed by atoms with E-state index in [0.717, 1.165) is 0 Å². The van der Waals surface area contributed by atoms with E-state index in [9.17, 15) is 19.8 Å². The van der Waals surface area contributed by atoms with Crippen molar-refractivity contribution in [1.82, 2.24) is 4.90 Å². The Bertz CT molecular complexity index is 461. The zero-order valence-electron chi connectivity index (χ0n) is 10.0. The number of phenols is 1. The van der Waals surface area contributed by atoms with E-state index < -0.39 is 12.0 Å². The van der Waals surface area contributed by atoms with Gasteiger partial charge < -0.3 is 15.1 Å². The molecule has 0 bridgehead atoms. The van der Waals surface area contributed by atoms with Crippen molar-refractivity contribution in [2.24, 2.45) is 0 Å². The predicted octanol–water partition coefficient (Wildman–Crippen LogP) is 2.04. The van der Waals surface area contributed by atoms with Gasteiger partial charge in [-0.1, -0.05) is 17.7 Å². The van der Waals surface area contributed by atoms with Crippen LogP contribution in [0.1, 0.15) is 25.5 Å². The number of aliphatic carboxylic acids is 1. The number of aromatic hydroxyl groups is 1. The maximum atomic E-state index is 11.3. The summed E-state index contributed by atoms with van der Waals surface area (Å²) in [5.41, 5.74) is 0.339. The Kier molecular flexibility index (Phi) is 4.55. The normalized spacial score (nSPS) is 12.2. The Labute approximate surface area is 110 Å². The van der Waals surface area contributed by atoms with Gasteiger partial charge in [-0.3, -0.25) is 4.79 Å². The third-order valence-electron chi connectivity index (χ3n) is 2.54. The molecule has 98 valence electrons. The van der Waals surface area contributed by atoms with Gasteiger partial charge in [-0.25, -0.2) is 4.79 Å².